The third-order valence-electron chi connectivity index (χ3n) is 8.38. The molecule has 0 radical (unpaired) electrons. The van der Waals surface area contributed by atoms with Crippen LogP contribution in [0.4, 0.5) is 0 Å². The molecular formula is C42H42N2O10. The van der Waals surface area contributed by atoms with E-state index < -0.39 is 0 Å². The van der Waals surface area contributed by atoms with E-state index in [2.05, 4.69) is 10.3 Å². The van der Waals surface area contributed by atoms with Crippen LogP contribution in [0.2, 0.25) is 0 Å². The SMILES string of the molecule is CCOC(=O)CC(c1ccc(O)cc1)c1ccon1.COc1ccc(COC(=O)CC(c2ccc(OCc3ccc(OC)cc3)cc2)c2ccon2)cc1. The van der Waals surface area contributed by atoms with Crippen molar-refractivity contribution in [3.05, 3.63) is 155 Å². The first-order chi connectivity index (χ1) is 26.3. The highest BCUT2D eigenvalue weighted by molar-refractivity contribution is 5.72. The molecule has 12 nitrogen and oxygen atoms in total. The molecule has 54 heavy (non-hydrogen) atoms. The number of benzene rings is 4. The van der Waals surface area contributed by atoms with Crippen LogP contribution >= 0.6 is 0 Å². The number of phenolic OH excluding ortho intramolecular Hbond substituents is 1. The highest BCUT2D eigenvalue weighted by atomic mass is 16.5. The third-order valence-corrected chi connectivity index (χ3v) is 8.38. The second-order valence-electron chi connectivity index (χ2n) is 12.0. The lowest BCUT2D eigenvalue weighted by molar-refractivity contribution is -0.145. The zero-order chi connectivity index (χ0) is 38.1. The van der Waals surface area contributed by atoms with Gasteiger partial charge in [-0.3, -0.25) is 9.59 Å². The van der Waals surface area contributed by atoms with E-state index in [-0.39, 0.29) is 49.0 Å². The van der Waals surface area contributed by atoms with Crippen molar-refractivity contribution in [3.63, 3.8) is 0 Å². The van der Waals surface area contributed by atoms with Crippen LogP contribution in [0.5, 0.6) is 23.0 Å². The van der Waals surface area contributed by atoms with Gasteiger partial charge in [-0.15, -0.1) is 0 Å². The van der Waals surface area contributed by atoms with Gasteiger partial charge in [0.2, 0.25) is 0 Å². The molecule has 6 aromatic rings. The zero-order valence-corrected chi connectivity index (χ0v) is 30.3. The van der Waals surface area contributed by atoms with Crippen molar-refractivity contribution < 1.29 is 47.4 Å². The second-order valence-corrected chi connectivity index (χ2v) is 12.0. The number of esters is 2. The first-order valence-corrected chi connectivity index (χ1v) is 17.2. The Morgan fingerprint density at radius 2 is 1.04 bits per heavy atom. The van der Waals surface area contributed by atoms with Crippen molar-refractivity contribution in [3.8, 4) is 23.0 Å². The Kier molecular flexibility index (Phi) is 14.2. The fourth-order valence-electron chi connectivity index (χ4n) is 5.48. The van der Waals surface area contributed by atoms with E-state index in [0.717, 1.165) is 39.5 Å². The lowest BCUT2D eigenvalue weighted by Gasteiger charge is -2.15. The van der Waals surface area contributed by atoms with Gasteiger partial charge < -0.3 is 37.8 Å². The summed E-state index contributed by atoms with van der Waals surface area (Å²) in [6.45, 7) is 2.74. The molecule has 0 spiro atoms. The van der Waals surface area contributed by atoms with Crippen LogP contribution in [0.1, 0.15) is 65.2 Å². The van der Waals surface area contributed by atoms with Crippen LogP contribution in [0.25, 0.3) is 0 Å². The average Bonchev–Trinajstić information content (AvgIpc) is 3.95. The molecule has 2 unspecified atom stereocenters. The Bertz CT molecular complexity index is 1980. The highest BCUT2D eigenvalue weighted by Crippen LogP contribution is 2.30. The molecule has 1 N–H and O–H groups in total. The van der Waals surface area contributed by atoms with E-state index in [9.17, 15) is 14.7 Å². The van der Waals surface area contributed by atoms with Crippen molar-refractivity contribution in [2.24, 2.45) is 0 Å². The molecule has 280 valence electrons. The van der Waals surface area contributed by atoms with Gasteiger partial charge >= 0.3 is 11.9 Å². The predicted octanol–water partition coefficient (Wildman–Crippen LogP) is 8.00. The molecule has 4 aromatic carbocycles. The molecule has 0 saturated heterocycles. The zero-order valence-electron chi connectivity index (χ0n) is 30.3. The van der Waals surface area contributed by atoms with Gasteiger partial charge in [0.25, 0.3) is 0 Å². The van der Waals surface area contributed by atoms with Gasteiger partial charge in [-0.25, -0.2) is 0 Å². The maximum absolute atomic E-state index is 12.7. The molecule has 0 amide bonds. The molecule has 2 atom stereocenters. The second kappa shape index (κ2) is 19.9. The molecule has 0 aliphatic rings. The predicted molar refractivity (Wildman–Crippen MR) is 197 cm³/mol. The average molecular weight is 735 g/mol. The number of aromatic nitrogens is 2. The van der Waals surface area contributed by atoms with Crippen molar-refractivity contribution in [1.82, 2.24) is 10.3 Å². The number of hydrogen-bond acceptors (Lipinski definition) is 12. The summed E-state index contributed by atoms with van der Waals surface area (Å²) in [6, 6.07) is 32.9. The Morgan fingerprint density at radius 3 is 1.48 bits per heavy atom. The fourth-order valence-corrected chi connectivity index (χ4v) is 5.48. The van der Waals surface area contributed by atoms with E-state index in [4.69, 9.17) is 32.7 Å². The van der Waals surface area contributed by atoms with Crippen LogP contribution in [0, 0.1) is 0 Å². The molecule has 0 saturated carbocycles. The number of hydrogen-bond donors (Lipinski definition) is 1. The Balaban J connectivity index is 0.000000249. The minimum absolute atomic E-state index is 0.134. The van der Waals surface area contributed by atoms with E-state index in [1.54, 1.807) is 57.5 Å². The van der Waals surface area contributed by atoms with Crippen LogP contribution < -0.4 is 14.2 Å². The van der Waals surface area contributed by atoms with Crippen LogP contribution in [0.3, 0.4) is 0 Å². The summed E-state index contributed by atoms with van der Waals surface area (Å²) >= 11 is 0. The number of carbonyl (C=O) groups excluding carboxylic acids is 2. The summed E-state index contributed by atoms with van der Waals surface area (Å²) in [5.41, 5.74) is 5.04. The van der Waals surface area contributed by atoms with Gasteiger partial charge in [0.15, 0.2) is 0 Å². The molecule has 2 heterocycles. The molecular weight excluding hydrogens is 692 g/mol. The lowest BCUT2D eigenvalue weighted by atomic mass is 9.92. The monoisotopic (exact) mass is 734 g/mol. The van der Waals surface area contributed by atoms with Crippen molar-refractivity contribution in [2.75, 3.05) is 20.8 Å². The minimum Gasteiger partial charge on any atom is -0.508 e. The normalized spacial score (nSPS) is 11.7. The first-order valence-electron chi connectivity index (χ1n) is 17.2. The molecule has 0 bridgehead atoms. The molecule has 0 aliphatic heterocycles. The smallest absolute Gasteiger partial charge is 0.307 e. The van der Waals surface area contributed by atoms with Crippen LogP contribution in [-0.4, -0.2) is 48.2 Å². The molecule has 0 fully saturated rings. The Morgan fingerprint density at radius 1 is 0.593 bits per heavy atom. The van der Waals surface area contributed by atoms with Gasteiger partial charge in [-0.2, -0.15) is 0 Å². The topological polar surface area (TPSA) is 153 Å². The number of carbonyl (C=O) groups is 2. The Hall–Kier alpha value is -6.56. The quantitative estimate of drug-likeness (QED) is 0.0959. The number of methoxy groups -OCH3 is 2. The number of phenols is 1. The van der Waals surface area contributed by atoms with E-state index in [0.29, 0.717) is 24.6 Å². The van der Waals surface area contributed by atoms with Gasteiger partial charge in [-0.05, 0) is 77.7 Å². The largest absolute Gasteiger partial charge is 0.508 e. The third kappa shape index (κ3) is 11.5. The molecule has 0 aliphatic carbocycles. The number of nitrogens with zero attached hydrogens (tertiary/aromatic N) is 2. The summed E-state index contributed by atoms with van der Waals surface area (Å²) in [5.74, 6) is 1.31. The van der Waals surface area contributed by atoms with Crippen molar-refractivity contribution in [2.45, 2.75) is 44.8 Å². The van der Waals surface area contributed by atoms with E-state index in [1.165, 1.54) is 12.5 Å². The van der Waals surface area contributed by atoms with Crippen LogP contribution in [-0.2, 0) is 32.3 Å². The first kappa shape index (κ1) is 38.7. The number of aromatic hydroxyl groups is 1. The number of rotatable bonds is 16. The van der Waals surface area contributed by atoms with Gasteiger partial charge in [-0.1, -0.05) is 58.8 Å². The minimum atomic E-state index is -0.325. The van der Waals surface area contributed by atoms with Gasteiger partial charge in [0.1, 0.15) is 48.7 Å². The van der Waals surface area contributed by atoms with E-state index in [1.807, 2.05) is 72.8 Å². The number of ether oxygens (including phenoxy) is 5. The van der Waals surface area contributed by atoms with Crippen molar-refractivity contribution >= 4 is 11.9 Å². The summed E-state index contributed by atoms with van der Waals surface area (Å²) < 4.78 is 36.6. The van der Waals surface area contributed by atoms with Crippen LogP contribution in [0.15, 0.2) is 131 Å². The summed E-state index contributed by atoms with van der Waals surface area (Å²) in [6.07, 6.45) is 3.28. The van der Waals surface area contributed by atoms with Gasteiger partial charge in [0.05, 0.1) is 45.1 Å². The maximum atomic E-state index is 12.7. The lowest BCUT2D eigenvalue weighted by Crippen LogP contribution is -2.12. The highest BCUT2D eigenvalue weighted by Gasteiger charge is 2.23. The van der Waals surface area contributed by atoms with E-state index >= 15 is 0 Å². The standard InChI is InChI=1S/C28H27NO6.C14H15NO4/c1-31-23-9-3-20(4-10-23)18-33-25-13-7-22(8-14-25)26(27-15-16-35-29-27)17-28(30)34-19-21-5-11-24(32-2)12-6-21;1-2-18-14(17)9-12(13-7-8-19-15-13)10-3-5-11(16)6-4-10/h3-16,26H,17-19H2,1-2H3;3-8,12,16H,2,9H2,1H3. The molecule has 2 aromatic heterocycles. The maximum Gasteiger partial charge on any atom is 0.307 e. The van der Waals surface area contributed by atoms with Crippen molar-refractivity contribution in [1.29, 1.82) is 0 Å². The summed E-state index contributed by atoms with van der Waals surface area (Å²) in [5, 5.41) is 17.3. The summed E-state index contributed by atoms with van der Waals surface area (Å²) in [4.78, 5) is 24.3. The summed E-state index contributed by atoms with van der Waals surface area (Å²) in [7, 11) is 3.25. The molecule has 12 heteroatoms. The molecule has 6 rings (SSSR count). The Labute approximate surface area is 313 Å². The van der Waals surface area contributed by atoms with Gasteiger partial charge in [0, 0.05) is 24.0 Å². The fraction of sp³-hybridized carbons (Fsp3) is 0.238.